The number of aliphatic hydroxyl groups excluding tert-OH is 1. The molecule has 0 radical (unpaired) electrons. The largest absolute Gasteiger partial charge is 0.392 e. The Kier molecular flexibility index (Phi) is 6.26. The zero-order valence-corrected chi connectivity index (χ0v) is 12.5. The van der Waals surface area contributed by atoms with E-state index in [0.29, 0.717) is 38.8 Å². The van der Waals surface area contributed by atoms with E-state index in [9.17, 15) is 9.90 Å². The summed E-state index contributed by atoms with van der Waals surface area (Å²) in [7, 11) is 0. The zero-order valence-electron chi connectivity index (χ0n) is 12.5. The molecule has 1 saturated heterocycles. The van der Waals surface area contributed by atoms with E-state index in [1.807, 2.05) is 11.8 Å². The van der Waals surface area contributed by atoms with E-state index in [2.05, 4.69) is 5.32 Å². The predicted molar refractivity (Wildman–Crippen MR) is 77.4 cm³/mol. The van der Waals surface area contributed by atoms with Crippen LogP contribution in [0, 0.1) is 5.92 Å². The number of carbonyl (C=O) groups excluding carboxylic acids is 1. The van der Waals surface area contributed by atoms with Gasteiger partial charge in [-0.05, 0) is 19.3 Å². The van der Waals surface area contributed by atoms with Gasteiger partial charge in [-0.15, -0.1) is 0 Å². The van der Waals surface area contributed by atoms with Crippen molar-refractivity contribution >= 4 is 5.91 Å². The first kappa shape index (κ1) is 15.7. The molecule has 0 bridgehead atoms. The van der Waals surface area contributed by atoms with Crippen LogP contribution in [0.15, 0.2) is 0 Å². The number of nitrogens with zero attached hydrogens (tertiary/aromatic N) is 1. The highest BCUT2D eigenvalue weighted by atomic mass is 16.5. The van der Waals surface area contributed by atoms with Crippen molar-refractivity contribution in [3.05, 3.63) is 0 Å². The summed E-state index contributed by atoms with van der Waals surface area (Å²) in [6.45, 7) is 4.99. The highest BCUT2D eigenvalue weighted by molar-refractivity contribution is 5.81. The summed E-state index contributed by atoms with van der Waals surface area (Å²) in [5, 5.41) is 13.2. The molecule has 2 fully saturated rings. The summed E-state index contributed by atoms with van der Waals surface area (Å²) < 4.78 is 5.25. The van der Waals surface area contributed by atoms with Gasteiger partial charge in [0.15, 0.2) is 0 Å². The fraction of sp³-hybridized carbons (Fsp3) is 0.933. The molecule has 116 valence electrons. The Bertz CT molecular complexity index is 299. The summed E-state index contributed by atoms with van der Waals surface area (Å²) in [6, 6.07) is -0.230. The lowest BCUT2D eigenvalue weighted by atomic mass is 10.00. The summed E-state index contributed by atoms with van der Waals surface area (Å²) in [4.78, 5) is 14.0. The van der Waals surface area contributed by atoms with Crippen LogP contribution in [0.25, 0.3) is 0 Å². The number of amides is 1. The fourth-order valence-electron chi connectivity index (χ4n) is 3.17. The lowest BCUT2D eigenvalue weighted by Gasteiger charge is -2.30. The molecule has 1 saturated carbocycles. The third kappa shape index (κ3) is 4.72. The molecule has 1 heterocycles. The summed E-state index contributed by atoms with van der Waals surface area (Å²) in [6.07, 6.45) is 5.63. The first-order valence-electron chi connectivity index (χ1n) is 7.95. The number of aliphatic hydroxyl groups is 1. The Labute approximate surface area is 121 Å². The lowest BCUT2D eigenvalue weighted by Crippen LogP contribution is -2.50. The average Bonchev–Trinajstić information content (AvgIpc) is 2.97. The predicted octanol–water partition coefficient (Wildman–Crippen LogP) is 0.764. The zero-order chi connectivity index (χ0) is 14.4. The van der Waals surface area contributed by atoms with Gasteiger partial charge in [-0.2, -0.15) is 0 Å². The third-order valence-corrected chi connectivity index (χ3v) is 4.43. The van der Waals surface area contributed by atoms with E-state index in [1.165, 1.54) is 25.7 Å². The van der Waals surface area contributed by atoms with Gasteiger partial charge in [0, 0.05) is 19.6 Å². The molecule has 2 aliphatic rings. The van der Waals surface area contributed by atoms with Crippen molar-refractivity contribution in [2.45, 2.75) is 51.2 Å². The van der Waals surface area contributed by atoms with Crippen molar-refractivity contribution in [3.63, 3.8) is 0 Å². The van der Waals surface area contributed by atoms with Crippen LogP contribution < -0.4 is 5.32 Å². The molecule has 5 nitrogen and oxygen atoms in total. The average molecular weight is 284 g/mol. The molecule has 2 rings (SSSR count). The first-order chi connectivity index (χ1) is 9.66. The number of hydrogen-bond acceptors (Lipinski definition) is 4. The van der Waals surface area contributed by atoms with Crippen LogP contribution >= 0.6 is 0 Å². The smallest absolute Gasteiger partial charge is 0.239 e. The van der Waals surface area contributed by atoms with E-state index in [0.717, 1.165) is 6.42 Å². The lowest BCUT2D eigenvalue weighted by molar-refractivity contribution is -0.137. The van der Waals surface area contributed by atoms with Crippen LogP contribution in [0.2, 0.25) is 0 Å². The van der Waals surface area contributed by atoms with Crippen molar-refractivity contribution in [3.8, 4) is 0 Å². The van der Waals surface area contributed by atoms with Crippen LogP contribution in [-0.2, 0) is 9.53 Å². The van der Waals surface area contributed by atoms with Gasteiger partial charge in [0.25, 0.3) is 0 Å². The monoisotopic (exact) mass is 284 g/mol. The number of carbonyl (C=O) groups is 1. The van der Waals surface area contributed by atoms with Crippen LogP contribution in [0.3, 0.4) is 0 Å². The van der Waals surface area contributed by atoms with Crippen molar-refractivity contribution in [2.24, 2.45) is 5.92 Å². The number of nitrogens with one attached hydrogen (secondary N) is 1. The molecule has 1 aliphatic carbocycles. The van der Waals surface area contributed by atoms with Crippen molar-refractivity contribution in [1.82, 2.24) is 10.2 Å². The number of ether oxygens (including phenoxy) is 1. The highest BCUT2D eigenvalue weighted by Gasteiger charge is 2.23. The number of hydrogen-bond donors (Lipinski definition) is 2. The van der Waals surface area contributed by atoms with Crippen molar-refractivity contribution < 1.29 is 14.6 Å². The second kappa shape index (κ2) is 7.96. The van der Waals surface area contributed by atoms with Gasteiger partial charge in [0.05, 0.1) is 25.4 Å². The molecule has 2 atom stereocenters. The van der Waals surface area contributed by atoms with Gasteiger partial charge >= 0.3 is 0 Å². The molecule has 0 aromatic rings. The van der Waals surface area contributed by atoms with Gasteiger partial charge < -0.3 is 20.1 Å². The van der Waals surface area contributed by atoms with E-state index in [-0.39, 0.29) is 18.1 Å². The maximum absolute atomic E-state index is 12.2. The number of morpholine rings is 1. The molecular formula is C15H28N2O3. The minimum absolute atomic E-state index is 0.112. The Balaban J connectivity index is 1.65. The SMILES string of the molecule is CC(NCC(O)CC1CCCC1)C(=O)N1CCOCC1. The van der Waals surface area contributed by atoms with E-state index >= 15 is 0 Å². The second-order valence-electron chi connectivity index (χ2n) is 6.11. The fourth-order valence-corrected chi connectivity index (χ4v) is 3.17. The number of rotatable bonds is 6. The molecular weight excluding hydrogens is 256 g/mol. The van der Waals surface area contributed by atoms with Crippen molar-refractivity contribution in [1.29, 1.82) is 0 Å². The molecule has 5 heteroatoms. The van der Waals surface area contributed by atoms with E-state index in [1.54, 1.807) is 0 Å². The molecule has 1 amide bonds. The van der Waals surface area contributed by atoms with Gasteiger partial charge in [-0.3, -0.25) is 4.79 Å². The Hall–Kier alpha value is -0.650. The molecule has 2 unspecified atom stereocenters. The van der Waals surface area contributed by atoms with Crippen molar-refractivity contribution in [2.75, 3.05) is 32.8 Å². The maximum Gasteiger partial charge on any atom is 0.239 e. The van der Waals surface area contributed by atoms with Crippen LogP contribution in [-0.4, -0.2) is 60.9 Å². The molecule has 20 heavy (non-hydrogen) atoms. The van der Waals surface area contributed by atoms with Gasteiger partial charge in [-0.1, -0.05) is 25.7 Å². The summed E-state index contributed by atoms with van der Waals surface area (Å²) in [5.41, 5.74) is 0. The van der Waals surface area contributed by atoms with E-state index < -0.39 is 0 Å². The molecule has 0 aromatic carbocycles. The summed E-state index contributed by atoms with van der Waals surface area (Å²) in [5.74, 6) is 0.790. The maximum atomic E-state index is 12.2. The second-order valence-corrected chi connectivity index (χ2v) is 6.11. The van der Waals surface area contributed by atoms with E-state index in [4.69, 9.17) is 4.74 Å². The molecule has 2 N–H and O–H groups in total. The Morgan fingerprint density at radius 3 is 2.65 bits per heavy atom. The quantitative estimate of drug-likeness (QED) is 0.756. The van der Waals surface area contributed by atoms with Crippen LogP contribution in [0.4, 0.5) is 0 Å². The molecule has 0 aromatic heterocycles. The minimum Gasteiger partial charge on any atom is -0.392 e. The molecule has 0 spiro atoms. The third-order valence-electron chi connectivity index (χ3n) is 4.43. The minimum atomic E-state index is -0.335. The van der Waals surface area contributed by atoms with Gasteiger partial charge in [0.1, 0.15) is 0 Å². The van der Waals surface area contributed by atoms with Crippen LogP contribution in [0.1, 0.15) is 39.0 Å². The standard InChI is InChI=1S/C15H28N2O3/c1-12(15(19)17-6-8-20-9-7-17)16-11-14(18)10-13-4-2-3-5-13/h12-14,16,18H,2-11H2,1H3. The van der Waals surface area contributed by atoms with Gasteiger partial charge in [-0.25, -0.2) is 0 Å². The Morgan fingerprint density at radius 1 is 1.35 bits per heavy atom. The highest BCUT2D eigenvalue weighted by Crippen LogP contribution is 2.28. The Morgan fingerprint density at radius 2 is 2.00 bits per heavy atom. The normalized spacial score (nSPS) is 23.8. The summed E-state index contributed by atoms with van der Waals surface area (Å²) >= 11 is 0. The van der Waals surface area contributed by atoms with Crippen LogP contribution in [0.5, 0.6) is 0 Å². The molecule has 1 aliphatic heterocycles. The van der Waals surface area contributed by atoms with Gasteiger partial charge in [0.2, 0.25) is 5.91 Å². The topological polar surface area (TPSA) is 61.8 Å². The first-order valence-corrected chi connectivity index (χ1v) is 7.95.